The van der Waals surface area contributed by atoms with Gasteiger partial charge < -0.3 is 14.8 Å². The Morgan fingerprint density at radius 2 is 1.58 bits per heavy atom. The number of Topliss-reactive ketones (excluding diaryl/α,β-unsaturated/α-hetero) is 1. The third-order valence-electron chi connectivity index (χ3n) is 5.19. The van der Waals surface area contributed by atoms with Gasteiger partial charge in [-0.25, -0.2) is 0 Å². The summed E-state index contributed by atoms with van der Waals surface area (Å²) < 4.78 is 10.7. The molecule has 170 valence electrons. The molecular formula is C27H27NO5. The number of ether oxygens (including phenoxy) is 2. The minimum absolute atomic E-state index is 0.0511. The van der Waals surface area contributed by atoms with E-state index >= 15 is 0 Å². The van der Waals surface area contributed by atoms with Crippen molar-refractivity contribution in [1.82, 2.24) is 0 Å². The van der Waals surface area contributed by atoms with Gasteiger partial charge in [-0.3, -0.25) is 14.4 Å². The summed E-state index contributed by atoms with van der Waals surface area (Å²) in [5.74, 6) is -0.646. The van der Waals surface area contributed by atoms with E-state index in [0.717, 1.165) is 11.1 Å². The Bertz CT molecular complexity index is 1120. The van der Waals surface area contributed by atoms with Crippen molar-refractivity contribution < 1.29 is 23.9 Å². The Morgan fingerprint density at radius 1 is 0.879 bits per heavy atom. The molecule has 0 bridgehead atoms. The lowest BCUT2D eigenvalue weighted by atomic mass is 9.99. The van der Waals surface area contributed by atoms with Crippen LogP contribution in [0.2, 0.25) is 0 Å². The van der Waals surface area contributed by atoms with Crippen LogP contribution in [0.25, 0.3) is 0 Å². The third-order valence-corrected chi connectivity index (χ3v) is 5.19. The maximum atomic E-state index is 13.1. The van der Waals surface area contributed by atoms with Crippen molar-refractivity contribution in [1.29, 1.82) is 0 Å². The molecule has 0 radical (unpaired) electrons. The lowest BCUT2D eigenvalue weighted by molar-refractivity contribution is -0.148. The Morgan fingerprint density at radius 3 is 2.24 bits per heavy atom. The van der Waals surface area contributed by atoms with Crippen LogP contribution in [0.4, 0.5) is 5.69 Å². The first-order valence-electron chi connectivity index (χ1n) is 10.7. The number of ketones is 1. The van der Waals surface area contributed by atoms with Gasteiger partial charge in [-0.1, -0.05) is 42.5 Å². The quantitative estimate of drug-likeness (QED) is 0.362. The molecule has 33 heavy (non-hydrogen) atoms. The van der Waals surface area contributed by atoms with Crippen LogP contribution in [0.3, 0.4) is 0 Å². The van der Waals surface area contributed by atoms with E-state index in [-0.39, 0.29) is 24.5 Å². The molecule has 0 heterocycles. The van der Waals surface area contributed by atoms with Gasteiger partial charge in [0.15, 0.2) is 6.10 Å². The van der Waals surface area contributed by atoms with Crippen molar-refractivity contribution in [3.63, 3.8) is 0 Å². The van der Waals surface area contributed by atoms with Crippen LogP contribution in [0, 0.1) is 13.8 Å². The summed E-state index contributed by atoms with van der Waals surface area (Å²) in [4.78, 5) is 38.1. The molecule has 3 rings (SSSR count). The maximum absolute atomic E-state index is 13.1. The molecule has 0 saturated carbocycles. The van der Waals surface area contributed by atoms with Crippen molar-refractivity contribution >= 4 is 23.3 Å². The average Bonchev–Trinajstić information content (AvgIpc) is 2.83. The van der Waals surface area contributed by atoms with E-state index in [1.807, 2.05) is 38.1 Å². The first-order chi connectivity index (χ1) is 15.9. The number of esters is 1. The lowest BCUT2D eigenvalue weighted by Gasteiger charge is -2.18. The highest BCUT2D eigenvalue weighted by molar-refractivity contribution is 6.01. The molecule has 3 aromatic rings. The van der Waals surface area contributed by atoms with Crippen LogP contribution in [0.5, 0.6) is 5.75 Å². The second kappa shape index (κ2) is 11.1. The number of nitrogens with one attached hydrogen (secondary N) is 1. The van der Waals surface area contributed by atoms with Gasteiger partial charge >= 0.3 is 5.97 Å². The summed E-state index contributed by atoms with van der Waals surface area (Å²) in [5.41, 5.74) is 3.63. The molecule has 6 heteroatoms. The summed E-state index contributed by atoms with van der Waals surface area (Å²) in [6.07, 6.45) is -1.30. The largest absolute Gasteiger partial charge is 0.497 e. The predicted molar refractivity (Wildman–Crippen MR) is 126 cm³/mol. The first-order valence-corrected chi connectivity index (χ1v) is 10.7. The summed E-state index contributed by atoms with van der Waals surface area (Å²) in [5, 5.41) is 2.83. The van der Waals surface area contributed by atoms with Gasteiger partial charge in [-0.2, -0.15) is 0 Å². The van der Waals surface area contributed by atoms with Gasteiger partial charge in [0.2, 0.25) is 11.7 Å². The van der Waals surface area contributed by atoms with E-state index in [2.05, 4.69) is 5.32 Å². The van der Waals surface area contributed by atoms with Crippen molar-refractivity contribution in [3.8, 4) is 5.75 Å². The fourth-order valence-electron chi connectivity index (χ4n) is 3.30. The monoisotopic (exact) mass is 445 g/mol. The number of hydrogen-bond acceptors (Lipinski definition) is 5. The first kappa shape index (κ1) is 23.7. The summed E-state index contributed by atoms with van der Waals surface area (Å²) in [6.45, 7) is 3.84. The predicted octanol–water partition coefficient (Wildman–Crippen LogP) is 5.20. The van der Waals surface area contributed by atoms with Gasteiger partial charge in [-0.15, -0.1) is 0 Å². The Hall–Kier alpha value is -3.93. The van der Waals surface area contributed by atoms with Crippen molar-refractivity contribution in [3.05, 3.63) is 95.1 Å². The molecule has 3 aromatic carbocycles. The molecule has 0 saturated heterocycles. The van der Waals surface area contributed by atoms with Crippen molar-refractivity contribution in [2.75, 3.05) is 12.4 Å². The third kappa shape index (κ3) is 6.53. The second-order valence-electron chi connectivity index (χ2n) is 7.74. The van der Waals surface area contributed by atoms with Gasteiger partial charge in [0, 0.05) is 23.2 Å². The van der Waals surface area contributed by atoms with Crippen LogP contribution in [-0.2, 0) is 14.3 Å². The molecule has 0 aliphatic rings. The molecule has 0 aliphatic heterocycles. The zero-order valence-electron chi connectivity index (χ0n) is 19.0. The highest BCUT2D eigenvalue weighted by Crippen LogP contribution is 2.25. The van der Waals surface area contributed by atoms with Crippen LogP contribution < -0.4 is 10.1 Å². The van der Waals surface area contributed by atoms with E-state index in [9.17, 15) is 14.4 Å². The van der Waals surface area contributed by atoms with E-state index in [1.54, 1.807) is 55.6 Å². The summed E-state index contributed by atoms with van der Waals surface area (Å²) in [6, 6.07) is 21.2. The van der Waals surface area contributed by atoms with Gasteiger partial charge in [-0.05, 0) is 55.3 Å². The normalized spacial score (nSPS) is 11.4. The fourth-order valence-corrected chi connectivity index (χ4v) is 3.30. The molecule has 1 amide bonds. The molecule has 1 N–H and O–H groups in total. The average molecular weight is 446 g/mol. The van der Waals surface area contributed by atoms with E-state index in [1.165, 1.54) is 0 Å². The van der Waals surface area contributed by atoms with E-state index < -0.39 is 12.1 Å². The number of benzene rings is 3. The highest BCUT2D eigenvalue weighted by Gasteiger charge is 2.26. The minimum Gasteiger partial charge on any atom is -0.497 e. The van der Waals surface area contributed by atoms with Crippen molar-refractivity contribution in [2.24, 2.45) is 0 Å². The van der Waals surface area contributed by atoms with Gasteiger partial charge in [0.05, 0.1) is 13.5 Å². The summed E-state index contributed by atoms with van der Waals surface area (Å²) >= 11 is 0. The number of aryl methyl sites for hydroxylation is 2. The van der Waals surface area contributed by atoms with E-state index in [4.69, 9.17) is 9.47 Å². The van der Waals surface area contributed by atoms with Crippen LogP contribution in [0.1, 0.15) is 46.0 Å². The Kier molecular flexibility index (Phi) is 7.97. The molecule has 0 fully saturated rings. The Balaban J connectivity index is 1.66. The molecule has 0 aliphatic carbocycles. The SMILES string of the molecule is COc1ccc(C(=O)[C@@H](OC(=O)CCC(=O)Nc2cc(C)ccc2C)c2ccccc2)cc1. The van der Waals surface area contributed by atoms with Gasteiger partial charge in [0.25, 0.3) is 0 Å². The minimum atomic E-state index is -1.10. The second-order valence-corrected chi connectivity index (χ2v) is 7.74. The molecule has 6 nitrogen and oxygen atoms in total. The zero-order chi connectivity index (χ0) is 23.8. The van der Waals surface area contributed by atoms with Gasteiger partial charge in [0.1, 0.15) is 5.75 Å². The van der Waals surface area contributed by atoms with Crippen LogP contribution >= 0.6 is 0 Å². The smallest absolute Gasteiger partial charge is 0.307 e. The Labute approximate surface area is 193 Å². The zero-order valence-corrected chi connectivity index (χ0v) is 19.0. The molecule has 0 spiro atoms. The number of carbonyl (C=O) groups excluding carboxylic acids is 3. The maximum Gasteiger partial charge on any atom is 0.307 e. The van der Waals surface area contributed by atoms with Crippen molar-refractivity contribution in [2.45, 2.75) is 32.8 Å². The number of methoxy groups -OCH3 is 1. The molecule has 1 atom stereocenters. The standard InChI is InChI=1S/C27H27NO5/c1-18-9-10-19(2)23(17-18)28-24(29)15-16-25(30)33-27(21-7-5-4-6-8-21)26(31)20-11-13-22(32-3)14-12-20/h4-14,17,27H,15-16H2,1-3H3,(H,28,29)/t27-/m0/s1. The van der Waals surface area contributed by atoms with Crippen LogP contribution in [-0.4, -0.2) is 24.8 Å². The number of carbonyl (C=O) groups is 3. The summed E-state index contributed by atoms with van der Waals surface area (Å²) in [7, 11) is 1.54. The molecule has 0 unspecified atom stereocenters. The van der Waals surface area contributed by atoms with E-state index in [0.29, 0.717) is 22.6 Å². The molecular weight excluding hydrogens is 418 g/mol. The lowest BCUT2D eigenvalue weighted by Crippen LogP contribution is -2.21. The van der Waals surface area contributed by atoms with Crippen LogP contribution in [0.15, 0.2) is 72.8 Å². The fraction of sp³-hybridized carbons (Fsp3) is 0.222. The highest BCUT2D eigenvalue weighted by atomic mass is 16.5. The number of rotatable bonds is 9. The number of anilines is 1. The molecule has 0 aromatic heterocycles. The topological polar surface area (TPSA) is 81.7 Å². The number of hydrogen-bond donors (Lipinski definition) is 1. The number of amides is 1.